The number of rotatable bonds is 9. The van der Waals surface area contributed by atoms with Crippen LogP contribution in [0, 0.1) is 0 Å². The van der Waals surface area contributed by atoms with Crippen LogP contribution < -0.4 is 15.8 Å². The second-order valence-corrected chi connectivity index (χ2v) is 4.54. The number of carbonyl (C=O) groups is 3. The van der Waals surface area contributed by atoms with Gasteiger partial charge in [0.15, 0.2) is 5.78 Å². The predicted molar refractivity (Wildman–Crippen MR) is 78.0 cm³/mol. The molecule has 2 amide bonds. The van der Waals surface area contributed by atoms with Crippen LogP contribution in [-0.2, 0) is 9.59 Å². The fourth-order valence-electron chi connectivity index (χ4n) is 1.60. The van der Waals surface area contributed by atoms with Crippen LogP contribution in [0.15, 0.2) is 24.3 Å². The number of hydrogen-bond donors (Lipinski definition) is 2. The zero-order valence-corrected chi connectivity index (χ0v) is 12.1. The van der Waals surface area contributed by atoms with Crippen LogP contribution in [0.2, 0.25) is 0 Å². The second-order valence-electron chi connectivity index (χ2n) is 4.54. The predicted octanol–water partition coefficient (Wildman–Crippen LogP) is 1.04. The Balaban J connectivity index is 2.41. The van der Waals surface area contributed by atoms with Gasteiger partial charge in [-0.1, -0.05) is 6.92 Å². The summed E-state index contributed by atoms with van der Waals surface area (Å²) in [4.78, 5) is 33.8. The monoisotopic (exact) mass is 292 g/mol. The summed E-state index contributed by atoms with van der Waals surface area (Å²) in [7, 11) is 0. The van der Waals surface area contributed by atoms with Crippen molar-refractivity contribution >= 4 is 17.6 Å². The topological polar surface area (TPSA) is 98.5 Å². The molecule has 0 saturated heterocycles. The number of benzene rings is 1. The average molecular weight is 292 g/mol. The number of ether oxygens (including phenoxy) is 1. The summed E-state index contributed by atoms with van der Waals surface area (Å²) in [6.07, 6.45) is 1.03. The Hall–Kier alpha value is -2.37. The normalized spacial score (nSPS) is 9.95. The number of nitrogens with one attached hydrogen (secondary N) is 1. The van der Waals surface area contributed by atoms with E-state index in [-0.39, 0.29) is 31.1 Å². The Bertz CT molecular complexity index is 497. The Morgan fingerprint density at radius 3 is 2.38 bits per heavy atom. The standard InChI is InChI=1S/C15H20N2O4/c1-2-9-21-12-5-3-11(4-6-12)13(18)7-8-15(20)17-10-14(16)19/h3-6H,2,7-10H2,1H3,(H2,16,19)(H,17,20). The molecule has 6 heteroatoms. The van der Waals surface area contributed by atoms with E-state index >= 15 is 0 Å². The number of Topliss-reactive ketones (excluding diaryl/α,β-unsaturated/α-hetero) is 1. The first-order valence-electron chi connectivity index (χ1n) is 6.84. The summed E-state index contributed by atoms with van der Waals surface area (Å²) in [6.45, 7) is 2.44. The summed E-state index contributed by atoms with van der Waals surface area (Å²) in [5, 5.41) is 2.34. The maximum absolute atomic E-state index is 11.9. The fraction of sp³-hybridized carbons (Fsp3) is 0.400. The molecule has 0 aromatic heterocycles. The molecule has 0 aliphatic rings. The molecule has 21 heavy (non-hydrogen) atoms. The van der Waals surface area contributed by atoms with Crippen molar-refractivity contribution in [3.63, 3.8) is 0 Å². The van der Waals surface area contributed by atoms with Crippen molar-refractivity contribution in [3.8, 4) is 5.75 Å². The molecule has 0 aliphatic heterocycles. The molecule has 0 unspecified atom stereocenters. The zero-order chi connectivity index (χ0) is 15.7. The average Bonchev–Trinajstić information content (AvgIpc) is 2.49. The van der Waals surface area contributed by atoms with Gasteiger partial charge < -0.3 is 15.8 Å². The number of nitrogens with two attached hydrogens (primary N) is 1. The lowest BCUT2D eigenvalue weighted by atomic mass is 10.1. The molecule has 3 N–H and O–H groups in total. The molecule has 1 rings (SSSR count). The largest absolute Gasteiger partial charge is 0.494 e. The molecular formula is C15H20N2O4. The Labute approximate surface area is 123 Å². The van der Waals surface area contributed by atoms with Gasteiger partial charge in [-0.25, -0.2) is 0 Å². The van der Waals surface area contributed by atoms with Crippen LogP contribution in [0.5, 0.6) is 5.75 Å². The van der Waals surface area contributed by atoms with Gasteiger partial charge in [0.05, 0.1) is 13.2 Å². The first-order valence-corrected chi connectivity index (χ1v) is 6.84. The highest BCUT2D eigenvalue weighted by Crippen LogP contribution is 2.14. The van der Waals surface area contributed by atoms with E-state index in [4.69, 9.17) is 10.5 Å². The van der Waals surface area contributed by atoms with Crippen LogP contribution in [0.1, 0.15) is 36.5 Å². The summed E-state index contributed by atoms with van der Waals surface area (Å²) < 4.78 is 5.42. The third-order valence-electron chi connectivity index (χ3n) is 2.69. The van der Waals surface area contributed by atoms with E-state index < -0.39 is 5.91 Å². The molecule has 0 fully saturated rings. The molecular weight excluding hydrogens is 272 g/mol. The molecule has 0 aliphatic carbocycles. The third kappa shape index (κ3) is 6.56. The van der Waals surface area contributed by atoms with Gasteiger partial charge in [-0.2, -0.15) is 0 Å². The van der Waals surface area contributed by atoms with E-state index in [1.165, 1.54) is 0 Å². The van der Waals surface area contributed by atoms with Crippen molar-refractivity contribution < 1.29 is 19.1 Å². The quantitative estimate of drug-likeness (QED) is 0.664. The van der Waals surface area contributed by atoms with E-state index in [9.17, 15) is 14.4 Å². The molecule has 0 atom stereocenters. The van der Waals surface area contributed by atoms with Crippen molar-refractivity contribution in [2.45, 2.75) is 26.2 Å². The van der Waals surface area contributed by atoms with E-state index in [1.807, 2.05) is 6.92 Å². The third-order valence-corrected chi connectivity index (χ3v) is 2.69. The van der Waals surface area contributed by atoms with Gasteiger partial charge in [-0.15, -0.1) is 0 Å². The minimum atomic E-state index is -0.614. The highest BCUT2D eigenvalue weighted by molar-refractivity contribution is 5.98. The Kier molecular flexibility index (Phi) is 6.94. The Morgan fingerprint density at radius 1 is 1.14 bits per heavy atom. The van der Waals surface area contributed by atoms with E-state index in [0.29, 0.717) is 17.9 Å². The Morgan fingerprint density at radius 2 is 1.81 bits per heavy atom. The van der Waals surface area contributed by atoms with Crippen LogP contribution in [0.25, 0.3) is 0 Å². The zero-order valence-electron chi connectivity index (χ0n) is 12.1. The van der Waals surface area contributed by atoms with Gasteiger partial charge in [0.25, 0.3) is 0 Å². The number of hydrogen-bond acceptors (Lipinski definition) is 4. The van der Waals surface area contributed by atoms with Crippen LogP contribution in [0.4, 0.5) is 0 Å². The molecule has 114 valence electrons. The second kappa shape index (κ2) is 8.73. The minimum absolute atomic E-state index is 0.0280. The maximum Gasteiger partial charge on any atom is 0.236 e. The number of primary amides is 1. The van der Waals surface area contributed by atoms with E-state index in [1.54, 1.807) is 24.3 Å². The van der Waals surface area contributed by atoms with E-state index in [2.05, 4.69) is 5.32 Å². The molecule has 0 saturated carbocycles. The van der Waals surface area contributed by atoms with Crippen molar-refractivity contribution in [1.29, 1.82) is 0 Å². The maximum atomic E-state index is 11.9. The van der Waals surface area contributed by atoms with Gasteiger partial charge in [0.1, 0.15) is 5.75 Å². The number of carbonyl (C=O) groups excluding carboxylic acids is 3. The van der Waals surface area contributed by atoms with Crippen LogP contribution >= 0.6 is 0 Å². The van der Waals surface area contributed by atoms with Gasteiger partial charge in [0, 0.05) is 18.4 Å². The molecule has 6 nitrogen and oxygen atoms in total. The number of amides is 2. The summed E-state index contributed by atoms with van der Waals surface area (Å²) in [6, 6.07) is 6.81. The van der Waals surface area contributed by atoms with Crippen LogP contribution in [0.3, 0.4) is 0 Å². The SMILES string of the molecule is CCCOc1ccc(C(=O)CCC(=O)NCC(N)=O)cc1. The van der Waals surface area contributed by atoms with Gasteiger partial charge in [-0.05, 0) is 30.7 Å². The van der Waals surface area contributed by atoms with Crippen LogP contribution in [-0.4, -0.2) is 30.7 Å². The molecule has 0 heterocycles. The summed E-state index contributed by atoms with van der Waals surface area (Å²) in [5.74, 6) is -0.402. The van der Waals surface area contributed by atoms with Gasteiger partial charge in [0.2, 0.25) is 11.8 Å². The first-order chi connectivity index (χ1) is 10.0. The number of ketones is 1. The highest BCUT2D eigenvalue weighted by atomic mass is 16.5. The first kappa shape index (κ1) is 16.7. The van der Waals surface area contributed by atoms with Crippen molar-refractivity contribution in [3.05, 3.63) is 29.8 Å². The lowest BCUT2D eigenvalue weighted by Gasteiger charge is -2.06. The van der Waals surface area contributed by atoms with Gasteiger partial charge in [-0.3, -0.25) is 14.4 Å². The van der Waals surface area contributed by atoms with E-state index in [0.717, 1.165) is 6.42 Å². The molecule has 1 aromatic rings. The highest BCUT2D eigenvalue weighted by Gasteiger charge is 2.10. The fourth-order valence-corrected chi connectivity index (χ4v) is 1.60. The smallest absolute Gasteiger partial charge is 0.236 e. The lowest BCUT2D eigenvalue weighted by Crippen LogP contribution is -2.33. The minimum Gasteiger partial charge on any atom is -0.494 e. The lowest BCUT2D eigenvalue weighted by molar-refractivity contribution is -0.124. The van der Waals surface area contributed by atoms with Crippen molar-refractivity contribution in [2.75, 3.05) is 13.2 Å². The van der Waals surface area contributed by atoms with Crippen molar-refractivity contribution in [2.24, 2.45) is 5.73 Å². The molecule has 1 aromatic carbocycles. The molecule has 0 spiro atoms. The summed E-state index contributed by atoms with van der Waals surface area (Å²) in [5.41, 5.74) is 5.43. The summed E-state index contributed by atoms with van der Waals surface area (Å²) >= 11 is 0. The van der Waals surface area contributed by atoms with Gasteiger partial charge >= 0.3 is 0 Å². The molecule has 0 radical (unpaired) electrons. The van der Waals surface area contributed by atoms with Crippen molar-refractivity contribution in [1.82, 2.24) is 5.32 Å². The molecule has 0 bridgehead atoms.